The highest BCUT2D eigenvalue weighted by molar-refractivity contribution is 5.72. The first kappa shape index (κ1) is 18.7. The van der Waals surface area contributed by atoms with Gasteiger partial charge in [-0.1, -0.05) is 18.2 Å². The number of rotatable bonds is 8. The van der Waals surface area contributed by atoms with Crippen molar-refractivity contribution in [2.75, 3.05) is 17.2 Å². The number of carboxylic acid groups (broad SMARTS) is 1. The van der Waals surface area contributed by atoms with Crippen LogP contribution in [0.5, 0.6) is 0 Å². The van der Waals surface area contributed by atoms with Crippen LogP contribution >= 0.6 is 0 Å². The second-order valence-corrected chi connectivity index (χ2v) is 5.70. The maximum Gasteiger partial charge on any atom is 0.322 e. The number of nitrogens with zero attached hydrogens (tertiary/aromatic N) is 4. The van der Waals surface area contributed by atoms with Crippen molar-refractivity contribution in [3.05, 3.63) is 70.4 Å². The summed E-state index contributed by atoms with van der Waals surface area (Å²) in [4.78, 5) is 34.0. The highest BCUT2D eigenvalue weighted by Crippen LogP contribution is 2.20. The first-order valence-corrected chi connectivity index (χ1v) is 8.24. The molecule has 0 aliphatic heterocycles. The van der Waals surface area contributed by atoms with E-state index in [9.17, 15) is 14.9 Å². The SMILES string of the molecule is O=C(O)CNc1nc(NCc2cccc([N+](=O)[O-])c2)cc(-c2ccccn2)n1. The summed E-state index contributed by atoms with van der Waals surface area (Å²) in [6.45, 7) is -0.0469. The quantitative estimate of drug-likeness (QED) is 0.397. The first-order chi connectivity index (χ1) is 13.5. The van der Waals surface area contributed by atoms with E-state index in [1.165, 1.54) is 12.1 Å². The highest BCUT2D eigenvalue weighted by atomic mass is 16.6. The zero-order valence-corrected chi connectivity index (χ0v) is 14.6. The molecule has 10 heteroatoms. The molecule has 0 saturated heterocycles. The van der Waals surface area contributed by atoms with Crippen LogP contribution in [0.1, 0.15) is 5.56 Å². The molecule has 0 saturated carbocycles. The molecular formula is C18H16N6O4. The van der Waals surface area contributed by atoms with Crippen molar-refractivity contribution in [3.63, 3.8) is 0 Å². The van der Waals surface area contributed by atoms with Gasteiger partial charge < -0.3 is 15.7 Å². The summed E-state index contributed by atoms with van der Waals surface area (Å²) < 4.78 is 0. The standard InChI is InChI=1S/C18H16N6O4/c25-17(26)11-21-18-22-15(14-6-1-2-7-19-14)9-16(23-18)20-10-12-4-3-5-13(8-12)24(27)28/h1-9H,10-11H2,(H,25,26)(H2,20,21,22,23). The number of hydrogen-bond donors (Lipinski definition) is 3. The third-order valence-corrected chi connectivity index (χ3v) is 3.65. The summed E-state index contributed by atoms with van der Waals surface area (Å²) in [6.07, 6.45) is 1.62. The first-order valence-electron chi connectivity index (χ1n) is 8.24. The fourth-order valence-electron chi connectivity index (χ4n) is 2.39. The number of nitro benzene ring substituents is 1. The molecule has 0 fully saturated rings. The number of anilines is 2. The average Bonchev–Trinajstić information content (AvgIpc) is 2.71. The summed E-state index contributed by atoms with van der Waals surface area (Å²) in [5, 5.41) is 25.5. The Hall–Kier alpha value is -4.08. The largest absolute Gasteiger partial charge is 0.480 e. The number of hydrogen-bond acceptors (Lipinski definition) is 8. The van der Waals surface area contributed by atoms with E-state index in [-0.39, 0.29) is 18.2 Å². The van der Waals surface area contributed by atoms with Crippen LogP contribution in [0.15, 0.2) is 54.7 Å². The van der Waals surface area contributed by atoms with E-state index in [0.717, 1.165) is 0 Å². The Bertz CT molecular complexity index is 996. The number of carboxylic acids is 1. The van der Waals surface area contributed by atoms with Gasteiger partial charge in [0.15, 0.2) is 0 Å². The number of nitrogens with one attached hydrogen (secondary N) is 2. The van der Waals surface area contributed by atoms with Crippen molar-refractivity contribution in [3.8, 4) is 11.4 Å². The number of non-ortho nitro benzene ring substituents is 1. The Labute approximate surface area is 159 Å². The predicted octanol–water partition coefficient (Wildman–Crippen LogP) is 2.56. The van der Waals surface area contributed by atoms with Crippen LogP contribution in [-0.4, -0.2) is 37.5 Å². The van der Waals surface area contributed by atoms with Crippen molar-refractivity contribution in [1.29, 1.82) is 0 Å². The van der Waals surface area contributed by atoms with Gasteiger partial charge in [-0.2, -0.15) is 4.98 Å². The van der Waals surface area contributed by atoms with E-state index in [2.05, 4.69) is 25.6 Å². The molecule has 0 radical (unpaired) electrons. The van der Waals surface area contributed by atoms with E-state index >= 15 is 0 Å². The van der Waals surface area contributed by atoms with Crippen LogP contribution in [0.25, 0.3) is 11.4 Å². The van der Waals surface area contributed by atoms with Gasteiger partial charge in [-0.15, -0.1) is 0 Å². The monoisotopic (exact) mass is 380 g/mol. The summed E-state index contributed by atoms with van der Waals surface area (Å²) in [6, 6.07) is 13.3. The van der Waals surface area contributed by atoms with Gasteiger partial charge in [0.05, 0.1) is 16.3 Å². The second kappa shape index (κ2) is 8.54. The Morgan fingerprint density at radius 2 is 1.93 bits per heavy atom. The number of pyridine rings is 1. The third kappa shape index (κ3) is 4.97. The molecule has 3 rings (SSSR count). The number of nitro groups is 1. The minimum Gasteiger partial charge on any atom is -0.480 e. The lowest BCUT2D eigenvalue weighted by Crippen LogP contribution is -2.15. The zero-order chi connectivity index (χ0) is 19.9. The second-order valence-electron chi connectivity index (χ2n) is 5.70. The lowest BCUT2D eigenvalue weighted by atomic mass is 10.2. The van der Waals surface area contributed by atoms with Crippen molar-refractivity contribution in [1.82, 2.24) is 15.0 Å². The van der Waals surface area contributed by atoms with Crippen LogP contribution in [-0.2, 0) is 11.3 Å². The molecule has 0 aliphatic rings. The Kier molecular flexibility index (Phi) is 5.70. The lowest BCUT2D eigenvalue weighted by Gasteiger charge is -2.10. The molecule has 142 valence electrons. The molecule has 0 unspecified atom stereocenters. The number of aromatic nitrogens is 3. The van der Waals surface area contributed by atoms with Gasteiger partial charge in [-0.05, 0) is 17.7 Å². The maximum absolute atomic E-state index is 10.9. The minimum absolute atomic E-state index is 0.0000222. The third-order valence-electron chi connectivity index (χ3n) is 3.65. The average molecular weight is 380 g/mol. The maximum atomic E-state index is 10.9. The normalized spacial score (nSPS) is 10.3. The van der Waals surface area contributed by atoms with Crippen molar-refractivity contribution in [2.45, 2.75) is 6.54 Å². The van der Waals surface area contributed by atoms with Gasteiger partial charge in [0.2, 0.25) is 5.95 Å². The van der Waals surface area contributed by atoms with Crippen molar-refractivity contribution >= 4 is 23.4 Å². The summed E-state index contributed by atoms with van der Waals surface area (Å²) >= 11 is 0. The van der Waals surface area contributed by atoms with E-state index in [1.807, 2.05) is 6.07 Å². The Morgan fingerprint density at radius 3 is 2.64 bits per heavy atom. The number of carbonyl (C=O) groups is 1. The number of benzene rings is 1. The Balaban J connectivity index is 1.84. The van der Waals surface area contributed by atoms with Gasteiger partial charge in [0, 0.05) is 30.9 Å². The van der Waals surface area contributed by atoms with Gasteiger partial charge in [-0.25, -0.2) is 4.98 Å². The molecule has 0 atom stereocenters. The fraction of sp³-hybridized carbons (Fsp3) is 0.111. The molecule has 10 nitrogen and oxygen atoms in total. The van der Waals surface area contributed by atoms with E-state index < -0.39 is 10.9 Å². The van der Waals surface area contributed by atoms with Crippen molar-refractivity contribution in [2.24, 2.45) is 0 Å². The topological polar surface area (TPSA) is 143 Å². The summed E-state index contributed by atoms with van der Waals surface area (Å²) in [5.74, 6) is -0.486. The van der Waals surface area contributed by atoms with Gasteiger partial charge in [0.25, 0.3) is 5.69 Å². The molecule has 1 aromatic carbocycles. The smallest absolute Gasteiger partial charge is 0.322 e. The lowest BCUT2D eigenvalue weighted by molar-refractivity contribution is -0.384. The molecule has 2 heterocycles. The highest BCUT2D eigenvalue weighted by Gasteiger charge is 2.10. The van der Waals surface area contributed by atoms with Crippen LogP contribution in [0.4, 0.5) is 17.5 Å². The molecule has 28 heavy (non-hydrogen) atoms. The fourth-order valence-corrected chi connectivity index (χ4v) is 2.39. The predicted molar refractivity (Wildman–Crippen MR) is 102 cm³/mol. The number of aliphatic carboxylic acids is 1. The molecule has 0 amide bonds. The van der Waals surface area contributed by atoms with Crippen molar-refractivity contribution < 1.29 is 14.8 Å². The molecule has 0 bridgehead atoms. The molecule has 0 spiro atoms. The van der Waals surface area contributed by atoms with Gasteiger partial charge in [0.1, 0.15) is 12.4 Å². The van der Waals surface area contributed by atoms with Crippen LogP contribution < -0.4 is 10.6 Å². The molecule has 0 aliphatic carbocycles. The van der Waals surface area contributed by atoms with Gasteiger partial charge in [-0.3, -0.25) is 19.9 Å². The van der Waals surface area contributed by atoms with E-state index in [0.29, 0.717) is 29.3 Å². The molecular weight excluding hydrogens is 364 g/mol. The Morgan fingerprint density at radius 1 is 1.07 bits per heavy atom. The van der Waals surface area contributed by atoms with Crippen LogP contribution in [0.3, 0.4) is 0 Å². The molecule has 2 aromatic heterocycles. The minimum atomic E-state index is -1.04. The molecule has 3 aromatic rings. The van der Waals surface area contributed by atoms with E-state index in [4.69, 9.17) is 5.11 Å². The zero-order valence-electron chi connectivity index (χ0n) is 14.6. The van der Waals surface area contributed by atoms with Crippen LogP contribution in [0.2, 0.25) is 0 Å². The van der Waals surface area contributed by atoms with Gasteiger partial charge >= 0.3 is 5.97 Å². The van der Waals surface area contributed by atoms with Crippen LogP contribution in [0, 0.1) is 10.1 Å². The summed E-state index contributed by atoms with van der Waals surface area (Å²) in [5.41, 5.74) is 1.80. The van der Waals surface area contributed by atoms with E-state index in [1.54, 1.807) is 36.5 Å². The molecule has 3 N–H and O–H groups in total. The summed E-state index contributed by atoms with van der Waals surface area (Å²) in [7, 11) is 0.